The van der Waals surface area contributed by atoms with Gasteiger partial charge in [0.1, 0.15) is 12.6 Å². The molecule has 34 heavy (non-hydrogen) atoms. The lowest BCUT2D eigenvalue weighted by Crippen LogP contribution is -2.51. The maximum Gasteiger partial charge on any atom is 0.244 e. The van der Waals surface area contributed by atoms with Crippen molar-refractivity contribution in [1.82, 2.24) is 10.2 Å². The zero-order valence-electron chi connectivity index (χ0n) is 20.0. The van der Waals surface area contributed by atoms with E-state index in [2.05, 4.69) is 5.32 Å². The molecule has 2 amide bonds. The standard InChI is InChI=1S/C24H31Cl2N3O4S/c1-16(2)13-27-24(31)18(4)28(14-19-8-6-17(3)7-9-19)23(30)15-29(34(5,32)33)22-11-20(25)10-21(26)12-22/h6-12,16,18H,13-15H2,1-5H3,(H,27,31). The largest absolute Gasteiger partial charge is 0.354 e. The number of benzene rings is 2. The van der Waals surface area contributed by atoms with E-state index in [1.54, 1.807) is 6.92 Å². The van der Waals surface area contributed by atoms with Crippen LogP contribution in [0.5, 0.6) is 0 Å². The summed E-state index contributed by atoms with van der Waals surface area (Å²) in [6, 6.07) is 11.1. The molecule has 0 fully saturated rings. The van der Waals surface area contributed by atoms with Crippen LogP contribution in [-0.2, 0) is 26.2 Å². The number of nitrogens with one attached hydrogen (secondary N) is 1. The van der Waals surface area contributed by atoms with Crippen LogP contribution in [0.3, 0.4) is 0 Å². The molecule has 2 aromatic rings. The molecular weight excluding hydrogens is 497 g/mol. The van der Waals surface area contributed by atoms with Crippen LogP contribution in [0.15, 0.2) is 42.5 Å². The molecule has 186 valence electrons. The third-order valence-corrected chi connectivity index (χ3v) is 6.72. The number of hydrogen-bond donors (Lipinski definition) is 1. The first-order chi connectivity index (χ1) is 15.8. The van der Waals surface area contributed by atoms with Crippen LogP contribution >= 0.6 is 23.2 Å². The van der Waals surface area contributed by atoms with Crippen molar-refractivity contribution in [3.63, 3.8) is 0 Å². The summed E-state index contributed by atoms with van der Waals surface area (Å²) in [5.41, 5.74) is 2.05. The second-order valence-corrected chi connectivity index (χ2v) is 11.5. The quantitative estimate of drug-likeness (QED) is 0.500. The Morgan fingerprint density at radius 2 is 1.56 bits per heavy atom. The molecular formula is C24H31Cl2N3O4S. The zero-order valence-corrected chi connectivity index (χ0v) is 22.3. The van der Waals surface area contributed by atoms with Crippen molar-refractivity contribution in [1.29, 1.82) is 0 Å². The lowest BCUT2D eigenvalue weighted by molar-refractivity contribution is -0.139. The Balaban J connectivity index is 2.39. The van der Waals surface area contributed by atoms with E-state index in [0.29, 0.717) is 6.54 Å². The molecule has 1 unspecified atom stereocenters. The molecule has 0 saturated carbocycles. The molecule has 0 saturated heterocycles. The van der Waals surface area contributed by atoms with Crippen LogP contribution in [0.4, 0.5) is 5.69 Å². The third-order valence-electron chi connectivity index (χ3n) is 5.14. The Morgan fingerprint density at radius 1 is 1.00 bits per heavy atom. The molecule has 0 bridgehead atoms. The second kappa shape index (κ2) is 11.9. The van der Waals surface area contributed by atoms with E-state index in [9.17, 15) is 18.0 Å². The molecule has 10 heteroatoms. The van der Waals surface area contributed by atoms with Crippen LogP contribution in [0.2, 0.25) is 10.0 Å². The van der Waals surface area contributed by atoms with E-state index in [0.717, 1.165) is 21.7 Å². The zero-order chi connectivity index (χ0) is 25.6. The smallest absolute Gasteiger partial charge is 0.244 e. The van der Waals surface area contributed by atoms with E-state index >= 15 is 0 Å². The number of amides is 2. The van der Waals surface area contributed by atoms with Crippen LogP contribution < -0.4 is 9.62 Å². The predicted molar refractivity (Wildman–Crippen MR) is 138 cm³/mol. The maximum absolute atomic E-state index is 13.5. The first-order valence-electron chi connectivity index (χ1n) is 10.8. The van der Waals surface area contributed by atoms with Gasteiger partial charge in [-0.1, -0.05) is 66.9 Å². The van der Waals surface area contributed by atoms with Gasteiger partial charge in [-0.2, -0.15) is 0 Å². The minimum Gasteiger partial charge on any atom is -0.354 e. The van der Waals surface area contributed by atoms with Crippen molar-refractivity contribution in [2.75, 3.05) is 23.7 Å². The fourth-order valence-corrected chi connectivity index (χ4v) is 4.57. The Bertz CT molecular complexity index is 1100. The van der Waals surface area contributed by atoms with E-state index in [-0.39, 0.29) is 34.1 Å². The normalized spacial score (nSPS) is 12.4. The summed E-state index contributed by atoms with van der Waals surface area (Å²) >= 11 is 12.1. The molecule has 0 heterocycles. The van der Waals surface area contributed by atoms with Crippen molar-refractivity contribution in [3.8, 4) is 0 Å². The minimum atomic E-state index is -3.86. The number of hydrogen-bond acceptors (Lipinski definition) is 4. The molecule has 2 rings (SSSR count). The van der Waals surface area contributed by atoms with Crippen molar-refractivity contribution >= 4 is 50.7 Å². The van der Waals surface area contributed by atoms with Gasteiger partial charge < -0.3 is 10.2 Å². The molecule has 1 N–H and O–H groups in total. The second-order valence-electron chi connectivity index (χ2n) is 8.72. The Morgan fingerprint density at radius 3 is 2.06 bits per heavy atom. The average Bonchev–Trinajstić information content (AvgIpc) is 2.73. The van der Waals surface area contributed by atoms with Gasteiger partial charge >= 0.3 is 0 Å². The number of halogens is 2. The predicted octanol–water partition coefficient (Wildman–Crippen LogP) is 4.26. The highest BCUT2D eigenvalue weighted by molar-refractivity contribution is 7.92. The van der Waals surface area contributed by atoms with E-state index < -0.39 is 28.5 Å². The Kier molecular flexibility index (Phi) is 9.79. The Hall–Kier alpha value is -2.29. The van der Waals surface area contributed by atoms with Crippen molar-refractivity contribution in [3.05, 3.63) is 63.6 Å². The average molecular weight is 529 g/mol. The summed E-state index contributed by atoms with van der Waals surface area (Å²) in [5, 5.41) is 3.32. The van der Waals surface area contributed by atoms with Gasteiger partial charge in [-0.3, -0.25) is 13.9 Å². The van der Waals surface area contributed by atoms with E-state index in [4.69, 9.17) is 23.2 Å². The molecule has 0 radical (unpaired) electrons. The lowest BCUT2D eigenvalue weighted by Gasteiger charge is -2.31. The van der Waals surface area contributed by atoms with Gasteiger partial charge in [0, 0.05) is 23.1 Å². The van der Waals surface area contributed by atoms with E-state index in [1.165, 1.54) is 23.1 Å². The SMILES string of the molecule is Cc1ccc(CN(C(=O)CN(c2cc(Cl)cc(Cl)c2)S(C)(=O)=O)C(C)C(=O)NCC(C)C)cc1. The third kappa shape index (κ3) is 8.18. The van der Waals surface area contributed by atoms with Gasteiger partial charge in [-0.15, -0.1) is 0 Å². The number of anilines is 1. The van der Waals surface area contributed by atoms with Crippen molar-refractivity contribution in [2.45, 2.75) is 40.3 Å². The molecule has 0 spiro atoms. The topological polar surface area (TPSA) is 86.8 Å². The van der Waals surface area contributed by atoms with Crippen LogP contribution in [0.1, 0.15) is 31.9 Å². The Labute approximate surface area is 212 Å². The summed E-state index contributed by atoms with van der Waals surface area (Å²) in [5.74, 6) is -0.606. The highest BCUT2D eigenvalue weighted by Gasteiger charge is 2.30. The fourth-order valence-electron chi connectivity index (χ4n) is 3.22. The fraction of sp³-hybridized carbons (Fsp3) is 0.417. The number of sulfonamides is 1. The summed E-state index contributed by atoms with van der Waals surface area (Å²) in [4.78, 5) is 27.7. The number of carbonyl (C=O) groups is 2. The van der Waals surface area contributed by atoms with Gasteiger partial charge in [0.25, 0.3) is 0 Å². The van der Waals surface area contributed by atoms with E-state index in [1.807, 2.05) is 45.0 Å². The minimum absolute atomic E-state index is 0.142. The van der Waals surface area contributed by atoms with Gasteiger partial charge in [0.15, 0.2) is 0 Å². The summed E-state index contributed by atoms with van der Waals surface area (Å²) in [6.45, 7) is 7.62. The first-order valence-corrected chi connectivity index (χ1v) is 13.4. The van der Waals surface area contributed by atoms with Crippen molar-refractivity contribution in [2.24, 2.45) is 5.92 Å². The lowest BCUT2D eigenvalue weighted by atomic mass is 10.1. The first kappa shape index (κ1) is 28.0. The number of nitrogens with zero attached hydrogens (tertiary/aromatic N) is 2. The van der Waals surface area contributed by atoms with Crippen LogP contribution in [-0.4, -0.2) is 50.5 Å². The number of aryl methyl sites for hydroxylation is 1. The summed E-state index contributed by atoms with van der Waals surface area (Å²) in [7, 11) is -3.86. The van der Waals surface area contributed by atoms with Crippen LogP contribution in [0.25, 0.3) is 0 Å². The molecule has 0 aliphatic rings. The monoisotopic (exact) mass is 527 g/mol. The highest BCUT2D eigenvalue weighted by atomic mass is 35.5. The molecule has 7 nitrogen and oxygen atoms in total. The maximum atomic E-state index is 13.5. The molecule has 0 aliphatic heterocycles. The summed E-state index contributed by atoms with van der Waals surface area (Å²) < 4.78 is 26.1. The van der Waals surface area contributed by atoms with Gasteiger partial charge in [0.05, 0.1) is 11.9 Å². The van der Waals surface area contributed by atoms with Crippen LogP contribution in [0, 0.1) is 12.8 Å². The highest BCUT2D eigenvalue weighted by Crippen LogP contribution is 2.27. The molecule has 0 aliphatic carbocycles. The van der Waals surface area contributed by atoms with Gasteiger partial charge in [-0.25, -0.2) is 8.42 Å². The molecule has 0 aromatic heterocycles. The molecule has 2 aromatic carbocycles. The summed E-state index contributed by atoms with van der Waals surface area (Å²) in [6.07, 6.45) is 0.998. The number of rotatable bonds is 10. The number of carbonyl (C=O) groups excluding carboxylic acids is 2. The van der Waals surface area contributed by atoms with Gasteiger partial charge in [-0.05, 0) is 43.5 Å². The molecule has 1 atom stereocenters. The van der Waals surface area contributed by atoms with Gasteiger partial charge in [0.2, 0.25) is 21.8 Å². The van der Waals surface area contributed by atoms with Crippen molar-refractivity contribution < 1.29 is 18.0 Å².